The molecule has 0 fully saturated rings. The minimum absolute atomic E-state index is 0.192. The molecular weight excluding hydrogens is 248 g/mol. The van der Waals surface area contributed by atoms with Crippen LogP contribution in [-0.2, 0) is 0 Å². The summed E-state index contributed by atoms with van der Waals surface area (Å²) in [6.45, 7) is 3.69. The molecule has 0 aliphatic carbocycles. The van der Waals surface area contributed by atoms with Crippen LogP contribution in [-0.4, -0.2) is 24.3 Å². The van der Waals surface area contributed by atoms with Gasteiger partial charge in [-0.2, -0.15) is 0 Å². The fourth-order valence-corrected chi connectivity index (χ4v) is 2.07. The molecule has 5 heteroatoms. The molecule has 1 atom stereocenters. The standard InChI is InChI=1S/C13H17ClN4/c1-9-4-10(6-16-5-9)7-17-8-11-12(15)2-3-18-13(11)14/h2-5,8,12,16-17H,6-7,15H2,1H3/b11-8+. The van der Waals surface area contributed by atoms with Crippen LogP contribution in [0.15, 0.2) is 52.5 Å². The molecule has 0 aromatic heterocycles. The summed E-state index contributed by atoms with van der Waals surface area (Å²) in [6.07, 6.45) is 9.46. The van der Waals surface area contributed by atoms with Crippen molar-refractivity contribution in [3.05, 3.63) is 47.5 Å². The van der Waals surface area contributed by atoms with Crippen LogP contribution >= 0.6 is 11.6 Å². The second-order valence-corrected chi connectivity index (χ2v) is 4.70. The molecule has 0 aromatic carbocycles. The average Bonchev–Trinajstić information content (AvgIpc) is 2.33. The van der Waals surface area contributed by atoms with Crippen molar-refractivity contribution in [1.29, 1.82) is 0 Å². The lowest BCUT2D eigenvalue weighted by Gasteiger charge is -2.16. The number of hydrogen-bond donors (Lipinski definition) is 3. The Labute approximate surface area is 112 Å². The summed E-state index contributed by atoms with van der Waals surface area (Å²) in [4.78, 5) is 4.02. The number of nitrogens with zero attached hydrogens (tertiary/aromatic N) is 1. The van der Waals surface area contributed by atoms with Gasteiger partial charge in [0.1, 0.15) is 5.17 Å². The number of halogens is 1. The predicted molar refractivity (Wildman–Crippen MR) is 76.3 cm³/mol. The van der Waals surface area contributed by atoms with E-state index < -0.39 is 0 Å². The van der Waals surface area contributed by atoms with E-state index in [1.807, 2.05) is 18.5 Å². The molecule has 4 N–H and O–H groups in total. The summed E-state index contributed by atoms with van der Waals surface area (Å²) in [5.74, 6) is 0. The minimum atomic E-state index is -0.192. The Morgan fingerprint density at radius 2 is 2.50 bits per heavy atom. The molecule has 2 rings (SSSR count). The summed E-state index contributed by atoms with van der Waals surface area (Å²) in [5, 5.41) is 6.89. The quantitative estimate of drug-likeness (QED) is 0.722. The maximum atomic E-state index is 6.00. The van der Waals surface area contributed by atoms with Crippen LogP contribution in [0.4, 0.5) is 0 Å². The van der Waals surface area contributed by atoms with Crippen molar-refractivity contribution >= 4 is 16.8 Å². The van der Waals surface area contributed by atoms with Gasteiger partial charge in [-0.25, -0.2) is 4.99 Å². The van der Waals surface area contributed by atoms with Crippen molar-refractivity contribution in [1.82, 2.24) is 10.6 Å². The van der Waals surface area contributed by atoms with E-state index in [-0.39, 0.29) is 6.04 Å². The molecule has 0 amide bonds. The van der Waals surface area contributed by atoms with E-state index in [2.05, 4.69) is 28.6 Å². The molecule has 2 aliphatic rings. The first-order valence-electron chi connectivity index (χ1n) is 5.86. The lowest BCUT2D eigenvalue weighted by Crippen LogP contribution is -2.28. The molecule has 2 aliphatic heterocycles. The summed E-state index contributed by atoms with van der Waals surface area (Å²) >= 11 is 6.00. The van der Waals surface area contributed by atoms with Crippen molar-refractivity contribution in [2.75, 3.05) is 13.1 Å². The number of nitrogens with two attached hydrogens (primary N) is 1. The van der Waals surface area contributed by atoms with Gasteiger partial charge in [-0.05, 0) is 30.3 Å². The van der Waals surface area contributed by atoms with Crippen LogP contribution < -0.4 is 16.4 Å². The number of dihydropyridines is 1. The first-order chi connectivity index (χ1) is 8.66. The fraction of sp³-hybridized carbons (Fsp3) is 0.308. The molecule has 0 saturated heterocycles. The average molecular weight is 265 g/mol. The highest BCUT2D eigenvalue weighted by atomic mass is 35.5. The Bertz CT molecular complexity index is 471. The highest BCUT2D eigenvalue weighted by Crippen LogP contribution is 2.12. The largest absolute Gasteiger partial charge is 0.387 e. The van der Waals surface area contributed by atoms with E-state index in [4.69, 9.17) is 17.3 Å². The Balaban J connectivity index is 1.94. The van der Waals surface area contributed by atoms with Crippen molar-refractivity contribution in [3.8, 4) is 0 Å². The molecule has 4 nitrogen and oxygen atoms in total. The third-order valence-corrected chi connectivity index (χ3v) is 3.07. The topological polar surface area (TPSA) is 62.4 Å². The van der Waals surface area contributed by atoms with Gasteiger partial charge in [0, 0.05) is 31.1 Å². The van der Waals surface area contributed by atoms with Gasteiger partial charge in [0.15, 0.2) is 0 Å². The van der Waals surface area contributed by atoms with E-state index in [9.17, 15) is 0 Å². The molecular formula is C13H17ClN4. The fourth-order valence-electron chi connectivity index (χ4n) is 1.84. The smallest absolute Gasteiger partial charge is 0.135 e. The number of allylic oxidation sites excluding steroid dienone is 2. The third-order valence-electron chi connectivity index (χ3n) is 2.76. The molecule has 0 bridgehead atoms. The zero-order valence-corrected chi connectivity index (χ0v) is 11.0. The van der Waals surface area contributed by atoms with E-state index in [1.54, 1.807) is 6.20 Å². The van der Waals surface area contributed by atoms with Gasteiger partial charge >= 0.3 is 0 Å². The summed E-state index contributed by atoms with van der Waals surface area (Å²) < 4.78 is 0. The van der Waals surface area contributed by atoms with Crippen LogP contribution in [0.3, 0.4) is 0 Å². The van der Waals surface area contributed by atoms with Gasteiger partial charge in [0.05, 0.1) is 6.04 Å². The van der Waals surface area contributed by atoms with Gasteiger partial charge in [0.2, 0.25) is 0 Å². The monoisotopic (exact) mass is 264 g/mol. The zero-order valence-electron chi connectivity index (χ0n) is 10.3. The first-order valence-corrected chi connectivity index (χ1v) is 6.23. The van der Waals surface area contributed by atoms with Gasteiger partial charge in [-0.3, -0.25) is 0 Å². The SMILES string of the molecule is CC1=CNCC(CN/C=C2/C(Cl)=NC=CC2N)=C1. The van der Waals surface area contributed by atoms with Crippen molar-refractivity contribution in [3.63, 3.8) is 0 Å². The molecule has 0 spiro atoms. The molecule has 0 saturated carbocycles. The maximum Gasteiger partial charge on any atom is 0.135 e. The molecule has 18 heavy (non-hydrogen) atoms. The van der Waals surface area contributed by atoms with Gasteiger partial charge in [-0.15, -0.1) is 0 Å². The predicted octanol–water partition coefficient (Wildman–Crippen LogP) is 1.39. The Hall–Kier alpha value is -1.52. The number of nitrogens with one attached hydrogen (secondary N) is 2. The van der Waals surface area contributed by atoms with Crippen molar-refractivity contribution in [2.45, 2.75) is 13.0 Å². The van der Waals surface area contributed by atoms with Crippen LogP contribution in [0.1, 0.15) is 6.92 Å². The first kappa shape index (κ1) is 12.9. The van der Waals surface area contributed by atoms with E-state index in [0.29, 0.717) is 5.17 Å². The maximum absolute atomic E-state index is 6.00. The highest BCUT2D eigenvalue weighted by molar-refractivity contribution is 6.70. The number of hydrogen-bond acceptors (Lipinski definition) is 4. The summed E-state index contributed by atoms with van der Waals surface area (Å²) in [5.41, 5.74) is 9.25. The number of aliphatic imine (C=N–C) groups is 1. The van der Waals surface area contributed by atoms with Gasteiger partial charge in [0.25, 0.3) is 0 Å². The third kappa shape index (κ3) is 3.24. The van der Waals surface area contributed by atoms with Crippen molar-refractivity contribution in [2.24, 2.45) is 10.7 Å². The Morgan fingerprint density at radius 3 is 3.22 bits per heavy atom. The van der Waals surface area contributed by atoms with Crippen LogP contribution in [0.25, 0.3) is 0 Å². The lowest BCUT2D eigenvalue weighted by molar-refractivity contribution is 0.820. The minimum Gasteiger partial charge on any atom is -0.387 e. The molecule has 2 heterocycles. The normalized spacial score (nSPS) is 25.2. The second kappa shape index (κ2) is 5.89. The Kier molecular flexibility index (Phi) is 4.23. The zero-order chi connectivity index (χ0) is 13.0. The molecule has 0 radical (unpaired) electrons. The van der Waals surface area contributed by atoms with Crippen LogP contribution in [0, 0.1) is 0 Å². The highest BCUT2D eigenvalue weighted by Gasteiger charge is 2.14. The molecule has 1 unspecified atom stereocenters. The molecule has 0 aromatic rings. The number of rotatable bonds is 3. The van der Waals surface area contributed by atoms with Crippen LogP contribution in [0.5, 0.6) is 0 Å². The van der Waals surface area contributed by atoms with E-state index in [0.717, 1.165) is 18.7 Å². The van der Waals surface area contributed by atoms with E-state index >= 15 is 0 Å². The molecule has 96 valence electrons. The summed E-state index contributed by atoms with van der Waals surface area (Å²) in [6, 6.07) is -0.192. The van der Waals surface area contributed by atoms with Gasteiger partial charge < -0.3 is 16.4 Å². The second-order valence-electron chi connectivity index (χ2n) is 4.34. The van der Waals surface area contributed by atoms with Crippen molar-refractivity contribution < 1.29 is 0 Å². The van der Waals surface area contributed by atoms with Crippen LogP contribution in [0.2, 0.25) is 0 Å². The van der Waals surface area contributed by atoms with Gasteiger partial charge in [-0.1, -0.05) is 17.7 Å². The van der Waals surface area contributed by atoms with E-state index in [1.165, 1.54) is 11.1 Å². The lowest BCUT2D eigenvalue weighted by atomic mass is 10.1. The summed E-state index contributed by atoms with van der Waals surface area (Å²) in [7, 11) is 0. The Morgan fingerprint density at radius 1 is 1.67 bits per heavy atom.